The molecule has 1 saturated heterocycles. The van der Waals surface area contributed by atoms with Crippen molar-refractivity contribution in [1.29, 1.82) is 0 Å². The highest BCUT2D eigenvalue weighted by Gasteiger charge is 2.16. The lowest BCUT2D eigenvalue weighted by atomic mass is 10.1. The molecule has 5 heteroatoms. The molecule has 2 N–H and O–H groups in total. The molecule has 1 aliphatic rings. The Morgan fingerprint density at radius 1 is 1.35 bits per heavy atom. The summed E-state index contributed by atoms with van der Waals surface area (Å²) in [5.74, 6) is -0.0998. The third-order valence-electron chi connectivity index (χ3n) is 2.81. The maximum absolute atomic E-state index is 11.9. The van der Waals surface area contributed by atoms with E-state index >= 15 is 0 Å². The molecule has 1 aromatic rings. The number of piperidine rings is 1. The maximum atomic E-state index is 11.9. The number of amides is 1. The van der Waals surface area contributed by atoms with Crippen LogP contribution in [0, 0.1) is 0 Å². The fourth-order valence-electron chi connectivity index (χ4n) is 1.88. The summed E-state index contributed by atoms with van der Waals surface area (Å²) in [4.78, 5) is 11.9. The van der Waals surface area contributed by atoms with Crippen LogP contribution in [0.1, 0.15) is 23.2 Å². The van der Waals surface area contributed by atoms with E-state index < -0.39 is 0 Å². The monoisotopic (exact) mass is 272 g/mol. The molecule has 1 atom stereocenters. The van der Waals surface area contributed by atoms with Gasteiger partial charge in [0.1, 0.15) is 0 Å². The van der Waals surface area contributed by atoms with Crippen molar-refractivity contribution in [2.75, 3.05) is 13.1 Å². The molecule has 1 unspecified atom stereocenters. The van der Waals surface area contributed by atoms with Crippen LogP contribution in [0.3, 0.4) is 0 Å². The molecule has 0 bridgehead atoms. The molecular weight excluding hydrogens is 259 g/mol. The van der Waals surface area contributed by atoms with Crippen LogP contribution in [0.15, 0.2) is 18.2 Å². The number of carbonyl (C=O) groups is 1. The summed E-state index contributed by atoms with van der Waals surface area (Å²) in [7, 11) is 0. The molecule has 17 heavy (non-hydrogen) atoms. The number of nitrogens with one attached hydrogen (secondary N) is 2. The Hall–Kier alpha value is -0.770. The minimum absolute atomic E-state index is 0.0998. The Balaban J connectivity index is 2.01. The maximum Gasteiger partial charge on any atom is 0.251 e. The molecule has 0 spiro atoms. The van der Waals surface area contributed by atoms with Crippen molar-refractivity contribution in [2.45, 2.75) is 18.9 Å². The van der Waals surface area contributed by atoms with Gasteiger partial charge in [0.15, 0.2) is 0 Å². The van der Waals surface area contributed by atoms with Gasteiger partial charge in [-0.1, -0.05) is 23.2 Å². The Morgan fingerprint density at radius 2 is 2.18 bits per heavy atom. The second-order valence-electron chi connectivity index (χ2n) is 4.15. The summed E-state index contributed by atoms with van der Waals surface area (Å²) in [6, 6.07) is 5.11. The van der Waals surface area contributed by atoms with E-state index in [4.69, 9.17) is 23.2 Å². The number of halogens is 2. The van der Waals surface area contributed by atoms with Crippen LogP contribution in [0.2, 0.25) is 10.0 Å². The fraction of sp³-hybridized carbons (Fsp3) is 0.417. The normalized spacial score (nSPS) is 20.0. The zero-order valence-electron chi connectivity index (χ0n) is 9.30. The van der Waals surface area contributed by atoms with E-state index in [2.05, 4.69) is 10.6 Å². The van der Waals surface area contributed by atoms with Crippen molar-refractivity contribution in [3.63, 3.8) is 0 Å². The van der Waals surface area contributed by atoms with Crippen molar-refractivity contribution in [3.05, 3.63) is 33.8 Å². The lowest BCUT2D eigenvalue weighted by Gasteiger charge is -2.23. The average Bonchev–Trinajstić information content (AvgIpc) is 2.34. The smallest absolute Gasteiger partial charge is 0.251 e. The van der Waals surface area contributed by atoms with E-state index in [0.717, 1.165) is 25.9 Å². The fourth-order valence-corrected chi connectivity index (χ4v) is 2.18. The van der Waals surface area contributed by atoms with Gasteiger partial charge in [0.25, 0.3) is 5.91 Å². The molecule has 1 amide bonds. The van der Waals surface area contributed by atoms with Gasteiger partial charge in [-0.25, -0.2) is 0 Å². The molecule has 92 valence electrons. The number of hydrogen-bond acceptors (Lipinski definition) is 2. The number of rotatable bonds is 2. The highest BCUT2D eigenvalue weighted by molar-refractivity contribution is 6.42. The number of benzene rings is 1. The second-order valence-corrected chi connectivity index (χ2v) is 4.96. The molecule has 1 heterocycles. The summed E-state index contributed by atoms with van der Waals surface area (Å²) in [6.45, 7) is 1.85. The van der Waals surface area contributed by atoms with Crippen LogP contribution in [0.25, 0.3) is 0 Å². The third kappa shape index (κ3) is 3.35. The predicted octanol–water partition coefficient (Wildman–Crippen LogP) is 2.48. The van der Waals surface area contributed by atoms with Gasteiger partial charge in [0, 0.05) is 18.2 Å². The summed E-state index contributed by atoms with van der Waals surface area (Å²) in [6.07, 6.45) is 2.10. The van der Waals surface area contributed by atoms with Gasteiger partial charge in [0.2, 0.25) is 0 Å². The van der Waals surface area contributed by atoms with Crippen LogP contribution in [0.4, 0.5) is 0 Å². The van der Waals surface area contributed by atoms with Crippen molar-refractivity contribution in [3.8, 4) is 0 Å². The number of hydrogen-bond donors (Lipinski definition) is 2. The molecule has 0 saturated carbocycles. The SMILES string of the molecule is O=C(NC1CCCNC1)c1ccc(Cl)c(Cl)c1. The summed E-state index contributed by atoms with van der Waals surface area (Å²) in [5, 5.41) is 7.09. The zero-order chi connectivity index (χ0) is 12.3. The largest absolute Gasteiger partial charge is 0.348 e. The topological polar surface area (TPSA) is 41.1 Å². The van der Waals surface area contributed by atoms with Crippen LogP contribution < -0.4 is 10.6 Å². The van der Waals surface area contributed by atoms with E-state index in [1.165, 1.54) is 0 Å². The highest BCUT2D eigenvalue weighted by Crippen LogP contribution is 2.22. The standard InChI is InChI=1S/C12H14Cl2N2O/c13-10-4-3-8(6-11(10)14)12(17)16-9-2-1-5-15-7-9/h3-4,6,9,15H,1-2,5,7H2,(H,16,17). The first kappa shape index (κ1) is 12.7. The average molecular weight is 273 g/mol. The van der Waals surface area contributed by atoms with Gasteiger partial charge in [-0.3, -0.25) is 4.79 Å². The molecule has 1 fully saturated rings. The van der Waals surface area contributed by atoms with E-state index in [1.807, 2.05) is 0 Å². The first-order valence-corrected chi connectivity index (χ1v) is 6.39. The molecule has 3 nitrogen and oxygen atoms in total. The third-order valence-corrected chi connectivity index (χ3v) is 3.55. The molecule has 1 aliphatic heterocycles. The van der Waals surface area contributed by atoms with Crippen molar-refractivity contribution >= 4 is 29.1 Å². The lowest BCUT2D eigenvalue weighted by molar-refractivity contribution is 0.0930. The molecule has 0 aromatic heterocycles. The molecule has 2 rings (SSSR count). The Bertz CT molecular complexity index is 417. The highest BCUT2D eigenvalue weighted by atomic mass is 35.5. The first-order chi connectivity index (χ1) is 8.16. The van der Waals surface area contributed by atoms with Crippen LogP contribution >= 0.6 is 23.2 Å². The first-order valence-electron chi connectivity index (χ1n) is 5.63. The molecule has 1 aromatic carbocycles. The van der Waals surface area contributed by atoms with Gasteiger partial charge in [0.05, 0.1) is 10.0 Å². The lowest BCUT2D eigenvalue weighted by Crippen LogP contribution is -2.45. The molecule has 0 aliphatic carbocycles. The van der Waals surface area contributed by atoms with Gasteiger partial charge in [-0.05, 0) is 37.6 Å². The van der Waals surface area contributed by atoms with E-state index in [0.29, 0.717) is 15.6 Å². The van der Waals surface area contributed by atoms with Crippen molar-refractivity contribution < 1.29 is 4.79 Å². The predicted molar refractivity (Wildman–Crippen MR) is 69.8 cm³/mol. The van der Waals surface area contributed by atoms with Crippen LogP contribution in [0.5, 0.6) is 0 Å². The summed E-state index contributed by atoms with van der Waals surface area (Å²) < 4.78 is 0. The van der Waals surface area contributed by atoms with E-state index in [-0.39, 0.29) is 11.9 Å². The van der Waals surface area contributed by atoms with Crippen molar-refractivity contribution in [2.24, 2.45) is 0 Å². The summed E-state index contributed by atoms with van der Waals surface area (Å²) in [5.41, 5.74) is 0.546. The molecule has 0 radical (unpaired) electrons. The number of carbonyl (C=O) groups excluding carboxylic acids is 1. The Kier molecular flexibility index (Phi) is 4.26. The summed E-state index contributed by atoms with van der Waals surface area (Å²) >= 11 is 11.7. The molecular formula is C12H14Cl2N2O. The minimum atomic E-state index is -0.0998. The van der Waals surface area contributed by atoms with Gasteiger partial charge in [-0.2, -0.15) is 0 Å². The Morgan fingerprint density at radius 3 is 2.82 bits per heavy atom. The van der Waals surface area contributed by atoms with Crippen molar-refractivity contribution in [1.82, 2.24) is 10.6 Å². The van der Waals surface area contributed by atoms with Gasteiger partial charge < -0.3 is 10.6 Å². The Labute approximate surface area is 110 Å². The van der Waals surface area contributed by atoms with Gasteiger partial charge in [-0.15, -0.1) is 0 Å². The second kappa shape index (κ2) is 5.71. The van der Waals surface area contributed by atoms with Crippen LogP contribution in [-0.2, 0) is 0 Å². The van der Waals surface area contributed by atoms with Crippen LogP contribution in [-0.4, -0.2) is 25.0 Å². The van der Waals surface area contributed by atoms with Gasteiger partial charge >= 0.3 is 0 Å². The quantitative estimate of drug-likeness (QED) is 0.869. The zero-order valence-corrected chi connectivity index (χ0v) is 10.8. The van der Waals surface area contributed by atoms with E-state index in [9.17, 15) is 4.79 Å². The minimum Gasteiger partial charge on any atom is -0.348 e. The van der Waals surface area contributed by atoms with E-state index in [1.54, 1.807) is 18.2 Å².